The fourth-order valence-corrected chi connectivity index (χ4v) is 2.41. The molecule has 1 atom stereocenters. The predicted octanol–water partition coefficient (Wildman–Crippen LogP) is 1.18. The Bertz CT molecular complexity index is 448. The monoisotopic (exact) mass is 264 g/mol. The van der Waals surface area contributed by atoms with Gasteiger partial charge >= 0.3 is 0 Å². The van der Waals surface area contributed by atoms with Crippen LogP contribution in [0.4, 0.5) is 5.82 Å². The summed E-state index contributed by atoms with van der Waals surface area (Å²) >= 11 is 0. The Labute approximate surface area is 112 Å². The second-order valence-electron chi connectivity index (χ2n) is 4.53. The molecule has 0 bridgehead atoms. The lowest BCUT2D eigenvalue weighted by atomic mass is 10.1. The lowest BCUT2D eigenvalue weighted by Crippen LogP contribution is -2.41. The van der Waals surface area contributed by atoms with E-state index in [4.69, 9.17) is 15.7 Å². The maximum atomic E-state index is 8.84. The van der Waals surface area contributed by atoms with Crippen molar-refractivity contribution in [2.75, 3.05) is 24.6 Å². The van der Waals surface area contributed by atoms with Crippen LogP contribution in [0, 0.1) is 0 Å². The zero-order valence-corrected chi connectivity index (χ0v) is 11.1. The minimum atomic E-state index is 0.0848. The van der Waals surface area contributed by atoms with E-state index < -0.39 is 0 Å². The van der Waals surface area contributed by atoms with Crippen LogP contribution >= 0.6 is 0 Å². The highest BCUT2D eigenvalue weighted by Gasteiger charge is 2.23. The first kappa shape index (κ1) is 13.6. The van der Waals surface area contributed by atoms with E-state index in [0.29, 0.717) is 12.2 Å². The Kier molecular flexibility index (Phi) is 4.57. The summed E-state index contributed by atoms with van der Waals surface area (Å²) in [7, 11) is 0. The number of piperidine rings is 1. The van der Waals surface area contributed by atoms with Crippen molar-refractivity contribution < 1.29 is 9.94 Å². The molecule has 2 rings (SSSR count). The third-order valence-corrected chi connectivity index (χ3v) is 3.25. The first-order valence-corrected chi connectivity index (χ1v) is 6.55. The summed E-state index contributed by atoms with van der Waals surface area (Å²) in [6, 6.07) is 3.59. The van der Waals surface area contributed by atoms with E-state index in [1.54, 1.807) is 12.3 Å². The molecule has 6 nitrogen and oxygen atoms in total. The lowest BCUT2D eigenvalue weighted by molar-refractivity contribution is 0.0525. The third kappa shape index (κ3) is 3.14. The van der Waals surface area contributed by atoms with Gasteiger partial charge in [-0.15, -0.1) is 0 Å². The number of hydrogen-bond donors (Lipinski definition) is 2. The van der Waals surface area contributed by atoms with Gasteiger partial charge < -0.3 is 20.6 Å². The minimum absolute atomic E-state index is 0.0848. The van der Waals surface area contributed by atoms with Gasteiger partial charge in [-0.3, -0.25) is 0 Å². The molecule has 1 unspecified atom stereocenters. The molecule has 1 aromatic rings. The summed E-state index contributed by atoms with van der Waals surface area (Å²) < 4.78 is 5.68. The Morgan fingerprint density at radius 3 is 3.26 bits per heavy atom. The molecule has 1 fully saturated rings. The molecule has 3 N–H and O–H groups in total. The Morgan fingerprint density at radius 1 is 1.68 bits per heavy atom. The number of oxime groups is 1. The van der Waals surface area contributed by atoms with Crippen LogP contribution < -0.4 is 10.6 Å². The van der Waals surface area contributed by atoms with Crippen LogP contribution in [0.5, 0.6) is 0 Å². The van der Waals surface area contributed by atoms with Crippen LogP contribution in [-0.4, -0.2) is 41.8 Å². The number of nitrogens with two attached hydrogens (primary N) is 1. The van der Waals surface area contributed by atoms with Crippen molar-refractivity contribution in [3.63, 3.8) is 0 Å². The van der Waals surface area contributed by atoms with Gasteiger partial charge in [-0.25, -0.2) is 4.98 Å². The highest BCUT2D eigenvalue weighted by atomic mass is 16.5. The SMILES string of the molecule is CCOC1CCCN(c2ncccc2/C(N)=N/O)C1. The first-order valence-electron chi connectivity index (χ1n) is 6.55. The standard InChI is InChI=1S/C13H20N4O2/c1-2-19-10-5-4-8-17(9-10)13-11(12(14)16-18)6-3-7-15-13/h3,6-7,10,18H,2,4-5,8-9H2,1H3,(H2,14,16). The fourth-order valence-electron chi connectivity index (χ4n) is 2.41. The van der Waals surface area contributed by atoms with Crippen molar-refractivity contribution in [2.24, 2.45) is 10.9 Å². The summed E-state index contributed by atoms with van der Waals surface area (Å²) in [6.07, 6.45) is 4.06. The molecule has 6 heteroatoms. The third-order valence-electron chi connectivity index (χ3n) is 3.25. The van der Waals surface area contributed by atoms with Gasteiger partial charge in [-0.05, 0) is 31.9 Å². The molecule has 0 aromatic carbocycles. The molecule has 0 spiro atoms. The Morgan fingerprint density at radius 2 is 2.53 bits per heavy atom. The molecule has 1 aliphatic heterocycles. The van der Waals surface area contributed by atoms with Gasteiger partial charge in [0.25, 0.3) is 0 Å². The fraction of sp³-hybridized carbons (Fsp3) is 0.538. The van der Waals surface area contributed by atoms with Gasteiger partial charge in [0.2, 0.25) is 0 Å². The van der Waals surface area contributed by atoms with Gasteiger partial charge in [-0.2, -0.15) is 0 Å². The van der Waals surface area contributed by atoms with Crippen LogP contribution in [0.3, 0.4) is 0 Å². The maximum Gasteiger partial charge on any atom is 0.173 e. The van der Waals surface area contributed by atoms with E-state index in [-0.39, 0.29) is 11.9 Å². The number of amidine groups is 1. The smallest absolute Gasteiger partial charge is 0.173 e. The minimum Gasteiger partial charge on any atom is -0.409 e. The number of pyridine rings is 1. The number of hydrogen-bond acceptors (Lipinski definition) is 5. The number of aromatic nitrogens is 1. The van der Waals surface area contributed by atoms with Crippen molar-refractivity contribution in [3.05, 3.63) is 23.9 Å². The van der Waals surface area contributed by atoms with Gasteiger partial charge in [-0.1, -0.05) is 5.16 Å². The van der Waals surface area contributed by atoms with E-state index in [1.807, 2.05) is 13.0 Å². The van der Waals surface area contributed by atoms with Crippen molar-refractivity contribution >= 4 is 11.7 Å². The average molecular weight is 264 g/mol. The molecule has 2 heterocycles. The molecule has 1 aliphatic rings. The first-order chi connectivity index (χ1) is 9.26. The highest BCUT2D eigenvalue weighted by Crippen LogP contribution is 2.22. The molecule has 1 aromatic heterocycles. The number of nitrogens with zero attached hydrogens (tertiary/aromatic N) is 3. The van der Waals surface area contributed by atoms with Gasteiger partial charge in [0.15, 0.2) is 5.84 Å². The van der Waals surface area contributed by atoms with E-state index in [2.05, 4.69) is 15.0 Å². The molecule has 0 saturated carbocycles. The largest absolute Gasteiger partial charge is 0.409 e. The molecular formula is C13H20N4O2. The second-order valence-corrected chi connectivity index (χ2v) is 4.53. The second kappa shape index (κ2) is 6.38. The molecule has 104 valence electrons. The summed E-state index contributed by atoms with van der Waals surface area (Å²) in [5, 5.41) is 11.9. The van der Waals surface area contributed by atoms with Crippen molar-refractivity contribution in [2.45, 2.75) is 25.9 Å². The van der Waals surface area contributed by atoms with E-state index in [0.717, 1.165) is 31.7 Å². The van der Waals surface area contributed by atoms with E-state index in [9.17, 15) is 0 Å². The molecule has 19 heavy (non-hydrogen) atoms. The van der Waals surface area contributed by atoms with E-state index in [1.165, 1.54) is 0 Å². The van der Waals surface area contributed by atoms with E-state index >= 15 is 0 Å². The van der Waals surface area contributed by atoms with Crippen molar-refractivity contribution in [3.8, 4) is 0 Å². The molecule has 1 saturated heterocycles. The van der Waals surface area contributed by atoms with Gasteiger partial charge in [0, 0.05) is 25.9 Å². The number of ether oxygens (including phenoxy) is 1. The molecular weight excluding hydrogens is 244 g/mol. The number of rotatable bonds is 4. The molecule has 0 amide bonds. The highest BCUT2D eigenvalue weighted by molar-refractivity contribution is 6.01. The van der Waals surface area contributed by atoms with Crippen LogP contribution in [-0.2, 0) is 4.74 Å². The number of anilines is 1. The van der Waals surface area contributed by atoms with Crippen LogP contribution in [0.1, 0.15) is 25.3 Å². The average Bonchev–Trinajstić information content (AvgIpc) is 2.47. The van der Waals surface area contributed by atoms with Gasteiger partial charge in [0.1, 0.15) is 5.82 Å². The normalized spacial score (nSPS) is 20.6. The topological polar surface area (TPSA) is 84.0 Å². The zero-order valence-electron chi connectivity index (χ0n) is 11.1. The maximum absolute atomic E-state index is 8.84. The van der Waals surface area contributed by atoms with Crippen LogP contribution in [0.25, 0.3) is 0 Å². The van der Waals surface area contributed by atoms with Crippen LogP contribution in [0.2, 0.25) is 0 Å². The molecule has 0 radical (unpaired) electrons. The zero-order chi connectivity index (χ0) is 13.7. The Balaban J connectivity index is 2.21. The summed E-state index contributed by atoms with van der Waals surface area (Å²) in [4.78, 5) is 6.50. The summed E-state index contributed by atoms with van der Waals surface area (Å²) in [6.45, 7) is 4.41. The lowest BCUT2D eigenvalue weighted by Gasteiger charge is -2.34. The van der Waals surface area contributed by atoms with Gasteiger partial charge in [0.05, 0.1) is 11.7 Å². The molecule has 0 aliphatic carbocycles. The quantitative estimate of drug-likeness (QED) is 0.369. The predicted molar refractivity (Wildman–Crippen MR) is 73.6 cm³/mol. The van der Waals surface area contributed by atoms with Crippen LogP contribution in [0.15, 0.2) is 23.5 Å². The van der Waals surface area contributed by atoms with Crippen molar-refractivity contribution in [1.82, 2.24) is 4.98 Å². The Hall–Kier alpha value is -1.82. The summed E-state index contributed by atoms with van der Waals surface area (Å²) in [5.74, 6) is 0.837. The van der Waals surface area contributed by atoms with Crippen molar-refractivity contribution in [1.29, 1.82) is 0 Å². The summed E-state index contributed by atoms with van der Waals surface area (Å²) in [5.41, 5.74) is 6.35.